The second kappa shape index (κ2) is 5.47. The quantitative estimate of drug-likeness (QED) is 0.850. The van der Waals surface area contributed by atoms with E-state index in [9.17, 15) is 13.2 Å². The Hall–Kier alpha value is -2.18. The fourth-order valence-corrected chi connectivity index (χ4v) is 2.76. The lowest BCUT2D eigenvalue weighted by molar-refractivity contribution is 0.253. The number of rotatable bonds is 2. The van der Waals surface area contributed by atoms with E-state index >= 15 is 0 Å². The van der Waals surface area contributed by atoms with Crippen LogP contribution < -0.4 is 5.32 Å². The van der Waals surface area contributed by atoms with E-state index in [1.54, 1.807) is 6.08 Å². The largest absolute Gasteiger partial charge is 0.473 e. The zero-order valence-electron chi connectivity index (χ0n) is 13.2. The van der Waals surface area contributed by atoms with Crippen molar-refractivity contribution in [3.8, 4) is 0 Å². The molecule has 2 aliphatic rings. The number of nitrogens with one attached hydrogen (secondary N) is 1. The topological polar surface area (TPSA) is 36.9 Å². The molecule has 124 valence electrons. The van der Waals surface area contributed by atoms with Crippen LogP contribution in [0.4, 0.5) is 13.2 Å². The first-order chi connectivity index (χ1) is 10.7. The molecule has 0 saturated carbocycles. The first kappa shape index (κ1) is 15.7. The molecule has 1 atom stereocenters. The average Bonchev–Trinajstić information content (AvgIpc) is 2.77. The van der Waals surface area contributed by atoms with Gasteiger partial charge in [0.2, 0.25) is 5.90 Å². The Labute approximate surface area is 132 Å². The summed E-state index contributed by atoms with van der Waals surface area (Å²) in [6.07, 6.45) is 1.66. The zero-order chi connectivity index (χ0) is 16.8. The maximum atomic E-state index is 13.2. The maximum Gasteiger partial charge on any atom is 0.214 e. The molecule has 1 aromatic rings. The first-order valence-electron chi connectivity index (χ1n) is 7.36. The number of hydrogen-bond acceptors (Lipinski definition) is 4. The summed E-state index contributed by atoms with van der Waals surface area (Å²) in [6, 6.07) is 1.84. The molecule has 2 heterocycles. The molecule has 4 nitrogen and oxygen atoms in total. The van der Waals surface area contributed by atoms with E-state index < -0.39 is 17.5 Å². The van der Waals surface area contributed by atoms with E-state index in [-0.39, 0.29) is 23.9 Å². The van der Waals surface area contributed by atoms with Crippen LogP contribution in [0.25, 0.3) is 0 Å². The highest BCUT2D eigenvalue weighted by Crippen LogP contribution is 2.26. The van der Waals surface area contributed by atoms with Crippen LogP contribution in [0.15, 0.2) is 29.0 Å². The van der Waals surface area contributed by atoms with Crippen LogP contribution in [-0.2, 0) is 11.3 Å². The summed E-state index contributed by atoms with van der Waals surface area (Å²) < 4.78 is 44.9. The summed E-state index contributed by atoms with van der Waals surface area (Å²) in [5.41, 5.74) is 0.145. The lowest BCUT2D eigenvalue weighted by Crippen LogP contribution is -2.35. The maximum absolute atomic E-state index is 13.2. The molecule has 0 radical (unpaired) electrons. The molecule has 1 unspecified atom stereocenters. The summed E-state index contributed by atoms with van der Waals surface area (Å²) >= 11 is 0. The van der Waals surface area contributed by atoms with Gasteiger partial charge in [0.1, 0.15) is 18.6 Å². The molecule has 0 aliphatic carbocycles. The third-order valence-corrected chi connectivity index (χ3v) is 3.80. The van der Waals surface area contributed by atoms with Crippen molar-refractivity contribution >= 4 is 5.90 Å². The molecule has 0 bridgehead atoms. The van der Waals surface area contributed by atoms with Crippen LogP contribution in [0, 0.1) is 17.5 Å². The van der Waals surface area contributed by atoms with Crippen molar-refractivity contribution in [1.29, 1.82) is 0 Å². The minimum absolute atomic E-state index is 0.0612. The van der Waals surface area contributed by atoms with Crippen molar-refractivity contribution in [2.45, 2.75) is 39.1 Å². The molecule has 7 heteroatoms. The van der Waals surface area contributed by atoms with Crippen LogP contribution in [0.2, 0.25) is 0 Å². The van der Waals surface area contributed by atoms with E-state index in [4.69, 9.17) is 4.74 Å². The van der Waals surface area contributed by atoms with E-state index in [2.05, 4.69) is 29.1 Å². The van der Waals surface area contributed by atoms with Crippen LogP contribution in [0.1, 0.15) is 26.3 Å². The minimum atomic E-state index is -1.48. The Balaban J connectivity index is 1.72. The molecule has 1 fully saturated rings. The lowest BCUT2D eigenvalue weighted by atomic mass is 10.1. The lowest BCUT2D eigenvalue weighted by Gasteiger charge is -2.27. The molecule has 23 heavy (non-hydrogen) atoms. The van der Waals surface area contributed by atoms with Crippen molar-refractivity contribution in [2.75, 3.05) is 6.54 Å². The minimum Gasteiger partial charge on any atom is -0.473 e. The molecule has 2 aliphatic heterocycles. The Morgan fingerprint density at radius 2 is 1.96 bits per heavy atom. The Kier molecular flexibility index (Phi) is 3.74. The van der Waals surface area contributed by atoms with Crippen molar-refractivity contribution in [3.05, 3.63) is 47.0 Å². The van der Waals surface area contributed by atoms with Crippen molar-refractivity contribution in [3.63, 3.8) is 0 Å². The Morgan fingerprint density at radius 3 is 2.61 bits per heavy atom. The fraction of sp³-hybridized carbons (Fsp3) is 0.438. The van der Waals surface area contributed by atoms with Gasteiger partial charge in [0.05, 0.1) is 5.54 Å². The molecule has 0 amide bonds. The van der Waals surface area contributed by atoms with Gasteiger partial charge in [0, 0.05) is 12.6 Å². The summed E-state index contributed by atoms with van der Waals surface area (Å²) in [4.78, 5) is 6.53. The van der Waals surface area contributed by atoms with Gasteiger partial charge in [0.15, 0.2) is 17.5 Å². The summed E-state index contributed by atoms with van der Waals surface area (Å²) in [6.45, 7) is 6.85. The van der Waals surface area contributed by atoms with Crippen LogP contribution in [0.3, 0.4) is 0 Å². The van der Waals surface area contributed by atoms with E-state index in [0.717, 1.165) is 24.5 Å². The van der Waals surface area contributed by atoms with Gasteiger partial charge in [-0.15, -0.1) is 0 Å². The average molecular weight is 325 g/mol. The van der Waals surface area contributed by atoms with Crippen LogP contribution in [0.5, 0.6) is 0 Å². The summed E-state index contributed by atoms with van der Waals surface area (Å²) in [5, 5.41) is 3.37. The monoisotopic (exact) mass is 325 g/mol. The van der Waals surface area contributed by atoms with Crippen molar-refractivity contribution in [2.24, 2.45) is 4.99 Å². The summed E-state index contributed by atoms with van der Waals surface area (Å²) in [7, 11) is 0. The number of fused-ring (bicyclic) bond motifs is 1. The van der Waals surface area contributed by atoms with Gasteiger partial charge in [-0.2, -0.15) is 0 Å². The normalized spacial score (nSPS) is 22.2. The molecule has 0 spiro atoms. The van der Waals surface area contributed by atoms with E-state index in [0.29, 0.717) is 5.90 Å². The highest BCUT2D eigenvalue weighted by atomic mass is 19.2. The van der Waals surface area contributed by atoms with E-state index in [1.807, 2.05) is 6.92 Å². The smallest absolute Gasteiger partial charge is 0.214 e. The van der Waals surface area contributed by atoms with Crippen LogP contribution >= 0.6 is 0 Å². The van der Waals surface area contributed by atoms with Crippen molar-refractivity contribution in [1.82, 2.24) is 10.2 Å². The van der Waals surface area contributed by atoms with Gasteiger partial charge < -0.3 is 15.0 Å². The molecule has 3 rings (SSSR count). The zero-order valence-corrected chi connectivity index (χ0v) is 13.2. The third kappa shape index (κ3) is 3.13. The van der Waals surface area contributed by atoms with Gasteiger partial charge >= 0.3 is 0 Å². The molecular formula is C16H18F3N3O. The highest BCUT2D eigenvalue weighted by molar-refractivity contribution is 5.89. The second-order valence-electron chi connectivity index (χ2n) is 6.43. The van der Waals surface area contributed by atoms with Gasteiger partial charge in [-0.25, -0.2) is 18.2 Å². The fourth-order valence-electron chi connectivity index (χ4n) is 2.76. The molecule has 1 saturated heterocycles. The Morgan fingerprint density at radius 1 is 1.30 bits per heavy atom. The summed E-state index contributed by atoms with van der Waals surface area (Å²) in [5.74, 6) is -2.66. The Bertz CT molecular complexity index is 677. The number of halogens is 3. The van der Waals surface area contributed by atoms with Gasteiger partial charge in [0.25, 0.3) is 0 Å². The number of nitrogens with zero attached hydrogens (tertiary/aromatic N) is 2. The molecular weight excluding hydrogens is 307 g/mol. The van der Waals surface area contributed by atoms with Crippen molar-refractivity contribution < 1.29 is 17.9 Å². The molecule has 1 aromatic carbocycles. The number of hydrogen-bond donors (Lipinski definition) is 1. The van der Waals surface area contributed by atoms with Crippen LogP contribution in [-0.4, -0.2) is 29.0 Å². The SMILES string of the molecule is CC1N=C(OCc2cc(F)c(F)c(F)c2)C=C2NC(C)(C)CN21. The first-order valence-corrected chi connectivity index (χ1v) is 7.36. The highest BCUT2D eigenvalue weighted by Gasteiger charge is 2.36. The number of aliphatic imine (C=N–C) groups is 1. The predicted molar refractivity (Wildman–Crippen MR) is 80.0 cm³/mol. The van der Waals surface area contributed by atoms with E-state index in [1.165, 1.54) is 0 Å². The molecule has 0 aromatic heterocycles. The third-order valence-electron chi connectivity index (χ3n) is 3.80. The number of benzene rings is 1. The standard InChI is InChI=1S/C16H18F3N3O/c1-9-20-14(6-13-21-16(2,3)8-22(9)13)23-7-10-4-11(17)15(19)12(18)5-10/h4-6,9,21H,7-8H2,1-3H3. The number of ether oxygens (including phenoxy) is 1. The second-order valence-corrected chi connectivity index (χ2v) is 6.43. The van der Waals surface area contributed by atoms with Gasteiger partial charge in [-0.1, -0.05) is 0 Å². The predicted octanol–water partition coefficient (Wildman–Crippen LogP) is 2.90. The van der Waals surface area contributed by atoms with Gasteiger partial charge in [-0.05, 0) is 38.5 Å². The van der Waals surface area contributed by atoms with Gasteiger partial charge in [-0.3, -0.25) is 0 Å². The molecule has 1 N–H and O–H groups in total.